The number of nitrogens with zero attached hydrogens (tertiary/aromatic N) is 2. The number of aromatic nitrogens is 2. The summed E-state index contributed by atoms with van der Waals surface area (Å²) in [7, 11) is -7.86. The van der Waals surface area contributed by atoms with E-state index in [2.05, 4.69) is 19.4 Å². The summed E-state index contributed by atoms with van der Waals surface area (Å²) in [5, 5.41) is 0. The maximum atomic E-state index is 13.7. The predicted octanol–water partition coefficient (Wildman–Crippen LogP) is 2.44. The molecule has 0 unspecified atom stereocenters. The molecule has 0 saturated heterocycles. The maximum absolute atomic E-state index is 13.7. The van der Waals surface area contributed by atoms with Gasteiger partial charge in [0.2, 0.25) is 26.0 Å². The minimum atomic E-state index is -4.88. The molecule has 1 heterocycles. The van der Waals surface area contributed by atoms with Gasteiger partial charge in [-0.1, -0.05) is 6.07 Å². The predicted molar refractivity (Wildman–Crippen MR) is 121 cm³/mol. The van der Waals surface area contributed by atoms with E-state index in [1.165, 1.54) is 12.3 Å². The van der Waals surface area contributed by atoms with Gasteiger partial charge in [-0.25, -0.2) is 36.2 Å². The molecule has 1 fully saturated rings. The summed E-state index contributed by atoms with van der Waals surface area (Å²) in [6, 6.07) is 2.30. The molecule has 9 nitrogen and oxygen atoms in total. The summed E-state index contributed by atoms with van der Waals surface area (Å²) >= 11 is 0. The van der Waals surface area contributed by atoms with Crippen molar-refractivity contribution in [2.24, 2.45) is 5.92 Å². The van der Waals surface area contributed by atoms with Crippen molar-refractivity contribution in [3.63, 3.8) is 0 Å². The third-order valence-electron chi connectivity index (χ3n) is 5.69. The van der Waals surface area contributed by atoms with Crippen LogP contribution in [-0.4, -0.2) is 45.6 Å². The first-order valence-electron chi connectivity index (χ1n) is 10.4. The molecule has 0 atom stereocenters. The minimum Gasteiger partial charge on any atom is -0.368 e. The number of alkyl halides is 3. The van der Waals surface area contributed by atoms with Gasteiger partial charge in [-0.15, -0.1) is 0 Å². The van der Waals surface area contributed by atoms with Crippen LogP contribution in [-0.2, 0) is 26.2 Å². The van der Waals surface area contributed by atoms with Gasteiger partial charge in [0.05, 0.1) is 22.4 Å². The number of benzene rings is 1. The number of rotatable bonds is 7. The summed E-state index contributed by atoms with van der Waals surface area (Å²) in [6.07, 6.45) is -0.687. The second-order valence-electron chi connectivity index (χ2n) is 8.40. The van der Waals surface area contributed by atoms with E-state index in [1.54, 1.807) is 6.92 Å². The van der Waals surface area contributed by atoms with Crippen molar-refractivity contribution in [1.29, 1.82) is 0 Å². The molecular weight excluding hydrogens is 495 g/mol. The maximum Gasteiger partial charge on any atom is 0.417 e. The molecule has 2 aromatic rings. The average molecular weight is 522 g/mol. The molecule has 188 valence electrons. The average Bonchev–Trinajstić information content (AvgIpc) is 2.71. The second kappa shape index (κ2) is 9.76. The third-order valence-corrected chi connectivity index (χ3v) is 7.94. The van der Waals surface area contributed by atoms with Crippen molar-refractivity contribution in [1.82, 2.24) is 19.4 Å². The van der Waals surface area contributed by atoms with Gasteiger partial charge in [0.1, 0.15) is 0 Å². The Morgan fingerprint density at radius 3 is 2.32 bits per heavy atom. The van der Waals surface area contributed by atoms with E-state index in [4.69, 9.17) is 5.73 Å². The molecule has 14 heteroatoms. The SMILES string of the molecule is Cc1nc(N)ncc1-c1ccc(C(F)(F)F)c(S(=O)(=O)NC2CCC(CNS(C)(=O)=O)CC2)c1. The Hall–Kier alpha value is -2.29. The van der Waals surface area contributed by atoms with Crippen LogP contribution in [0.3, 0.4) is 0 Å². The fraction of sp³-hybridized carbons (Fsp3) is 0.500. The molecule has 34 heavy (non-hydrogen) atoms. The Morgan fingerprint density at radius 1 is 1.12 bits per heavy atom. The fourth-order valence-corrected chi connectivity index (χ4v) is 6.05. The first kappa shape index (κ1) is 26.3. The van der Waals surface area contributed by atoms with Crippen LogP contribution in [0.15, 0.2) is 29.3 Å². The second-order valence-corrected chi connectivity index (χ2v) is 11.9. The van der Waals surface area contributed by atoms with E-state index in [-0.39, 0.29) is 24.0 Å². The number of nitrogen functional groups attached to an aromatic ring is 1. The van der Waals surface area contributed by atoms with Crippen LogP contribution in [0.1, 0.15) is 36.9 Å². The normalized spacial score (nSPS) is 19.8. The highest BCUT2D eigenvalue weighted by Crippen LogP contribution is 2.37. The van der Waals surface area contributed by atoms with Gasteiger partial charge in [-0.05, 0) is 56.2 Å². The molecule has 0 bridgehead atoms. The first-order chi connectivity index (χ1) is 15.7. The Bertz CT molecular complexity index is 1260. The van der Waals surface area contributed by atoms with Gasteiger partial charge < -0.3 is 5.73 Å². The number of aryl methyl sites for hydroxylation is 1. The highest BCUT2D eigenvalue weighted by atomic mass is 32.2. The largest absolute Gasteiger partial charge is 0.417 e. The first-order valence-corrected chi connectivity index (χ1v) is 13.8. The van der Waals surface area contributed by atoms with Crippen molar-refractivity contribution < 1.29 is 30.0 Å². The molecule has 1 aliphatic carbocycles. The minimum absolute atomic E-state index is 0.00925. The van der Waals surface area contributed by atoms with Gasteiger partial charge in [0.15, 0.2) is 0 Å². The number of hydrogen-bond acceptors (Lipinski definition) is 7. The van der Waals surface area contributed by atoms with E-state index in [0.29, 0.717) is 36.9 Å². The molecule has 1 saturated carbocycles. The van der Waals surface area contributed by atoms with Crippen molar-refractivity contribution >= 4 is 26.0 Å². The van der Waals surface area contributed by atoms with Crippen LogP contribution >= 0.6 is 0 Å². The Balaban J connectivity index is 1.85. The highest BCUT2D eigenvalue weighted by molar-refractivity contribution is 7.89. The van der Waals surface area contributed by atoms with Gasteiger partial charge in [0, 0.05) is 24.3 Å². The molecular formula is C20H26F3N5O4S2. The lowest BCUT2D eigenvalue weighted by Gasteiger charge is -2.29. The number of nitrogens with two attached hydrogens (primary N) is 1. The van der Waals surface area contributed by atoms with Crippen molar-refractivity contribution in [2.45, 2.75) is 49.7 Å². The molecule has 0 amide bonds. The monoisotopic (exact) mass is 521 g/mol. The van der Waals surface area contributed by atoms with Crippen molar-refractivity contribution in [2.75, 3.05) is 18.5 Å². The molecule has 1 aliphatic rings. The summed E-state index contributed by atoms with van der Waals surface area (Å²) in [4.78, 5) is 6.95. The molecule has 0 spiro atoms. The topological polar surface area (TPSA) is 144 Å². The Kier molecular flexibility index (Phi) is 7.55. The summed E-state index contributed by atoms with van der Waals surface area (Å²) in [5.41, 5.74) is 5.22. The van der Waals surface area contributed by atoms with Crippen LogP contribution in [0.5, 0.6) is 0 Å². The summed E-state index contributed by atoms with van der Waals surface area (Å²) in [5.74, 6) is 0.0167. The molecule has 0 aliphatic heterocycles. The smallest absolute Gasteiger partial charge is 0.368 e. The Labute approximate surface area is 196 Å². The van der Waals surface area contributed by atoms with Gasteiger partial charge in [-0.2, -0.15) is 13.2 Å². The van der Waals surface area contributed by atoms with Crippen LogP contribution in [0.4, 0.5) is 19.1 Å². The van der Waals surface area contributed by atoms with E-state index in [1.807, 2.05) is 0 Å². The van der Waals surface area contributed by atoms with Crippen LogP contribution in [0.2, 0.25) is 0 Å². The lowest BCUT2D eigenvalue weighted by molar-refractivity contribution is -0.139. The Morgan fingerprint density at radius 2 is 1.76 bits per heavy atom. The van der Waals surface area contributed by atoms with E-state index in [9.17, 15) is 30.0 Å². The number of anilines is 1. The highest BCUT2D eigenvalue weighted by Gasteiger charge is 2.38. The van der Waals surface area contributed by atoms with Gasteiger partial charge in [-0.3, -0.25) is 0 Å². The molecule has 1 aromatic heterocycles. The lowest BCUT2D eigenvalue weighted by Crippen LogP contribution is -2.40. The quantitative estimate of drug-likeness (QED) is 0.508. The summed E-state index contributed by atoms with van der Waals surface area (Å²) in [6.45, 7) is 1.83. The van der Waals surface area contributed by atoms with Crippen LogP contribution < -0.4 is 15.2 Å². The van der Waals surface area contributed by atoms with E-state index < -0.39 is 42.7 Å². The van der Waals surface area contributed by atoms with Crippen LogP contribution in [0.25, 0.3) is 11.1 Å². The molecule has 1 aromatic carbocycles. The zero-order valence-electron chi connectivity index (χ0n) is 18.6. The fourth-order valence-electron chi connectivity index (χ4n) is 3.95. The zero-order chi connectivity index (χ0) is 25.3. The molecule has 0 radical (unpaired) electrons. The molecule has 3 rings (SSSR count). The zero-order valence-corrected chi connectivity index (χ0v) is 20.2. The number of sulfonamides is 2. The third kappa shape index (κ3) is 6.64. The number of halogens is 3. The van der Waals surface area contributed by atoms with E-state index in [0.717, 1.165) is 18.4 Å². The standard InChI is InChI=1S/C20H26F3N5O4S2/c1-12-16(11-25-19(24)27-12)14-5-8-17(20(21,22)23)18(9-14)34(31,32)28-15-6-3-13(4-7-15)10-26-33(2,29)30/h5,8-9,11,13,15,26,28H,3-4,6-7,10H2,1-2H3,(H2,24,25,27). The molecule has 4 N–H and O–H groups in total. The van der Waals surface area contributed by atoms with Gasteiger partial charge >= 0.3 is 6.18 Å². The van der Waals surface area contributed by atoms with Crippen molar-refractivity contribution in [3.05, 3.63) is 35.7 Å². The number of hydrogen-bond donors (Lipinski definition) is 3. The number of nitrogens with one attached hydrogen (secondary N) is 2. The van der Waals surface area contributed by atoms with Gasteiger partial charge in [0.25, 0.3) is 0 Å². The summed E-state index contributed by atoms with van der Waals surface area (Å²) < 4.78 is 94.5. The lowest BCUT2D eigenvalue weighted by atomic mass is 9.87. The van der Waals surface area contributed by atoms with Crippen LogP contribution in [0, 0.1) is 12.8 Å². The van der Waals surface area contributed by atoms with E-state index >= 15 is 0 Å². The van der Waals surface area contributed by atoms with Crippen molar-refractivity contribution in [3.8, 4) is 11.1 Å².